The van der Waals surface area contributed by atoms with Crippen molar-refractivity contribution in [3.05, 3.63) is 78.1 Å². The Morgan fingerprint density at radius 2 is 1.57 bits per heavy atom. The molecule has 0 saturated heterocycles. The summed E-state index contributed by atoms with van der Waals surface area (Å²) in [6.07, 6.45) is 9.81. The number of fused-ring (bicyclic) bond motifs is 1. The van der Waals surface area contributed by atoms with Crippen LogP contribution in [-0.2, 0) is 0 Å². The first-order valence-electron chi connectivity index (χ1n) is 13.2. The molecule has 37 heavy (non-hydrogen) atoms. The fourth-order valence-electron chi connectivity index (χ4n) is 7.10. The zero-order chi connectivity index (χ0) is 24.9. The lowest BCUT2D eigenvalue weighted by atomic mass is 9.54. The van der Waals surface area contributed by atoms with Crippen LogP contribution in [-0.4, -0.2) is 32.8 Å². The molecule has 4 aliphatic carbocycles. The maximum atomic E-state index is 13.2. The Bertz CT molecular complexity index is 1450. The van der Waals surface area contributed by atoms with Crippen molar-refractivity contribution in [2.24, 2.45) is 23.7 Å². The molecule has 2 heterocycles. The van der Waals surface area contributed by atoms with Crippen LogP contribution in [0.5, 0.6) is 0 Å². The highest BCUT2D eigenvalue weighted by Crippen LogP contribution is 2.53. The van der Waals surface area contributed by atoms with Crippen molar-refractivity contribution in [3.63, 3.8) is 0 Å². The number of carbonyl (C=O) groups is 2. The van der Waals surface area contributed by atoms with Crippen LogP contribution >= 0.6 is 0 Å². The molecule has 4 bridgehead atoms. The monoisotopic (exact) mass is 491 g/mol. The number of hydrogen-bond donors (Lipinski definition) is 3. The molecule has 4 fully saturated rings. The van der Waals surface area contributed by atoms with Crippen molar-refractivity contribution in [2.75, 3.05) is 5.32 Å². The Balaban J connectivity index is 1.06. The van der Waals surface area contributed by atoms with Crippen molar-refractivity contribution in [1.29, 1.82) is 0 Å². The number of amides is 2. The number of pyridine rings is 1. The number of aromatic nitrogens is 3. The summed E-state index contributed by atoms with van der Waals surface area (Å²) in [5.41, 5.74) is 4.35. The molecule has 0 atom stereocenters. The van der Waals surface area contributed by atoms with Gasteiger partial charge in [0.05, 0.1) is 22.9 Å². The standard InChI is InChI=1S/C30H29N5O2/c36-29(32-24-2-1-9-31-16-24)20-5-3-19(4-6-20)28-33-25-8-7-21(15-26(25)34-28)30(37)35-27-22-11-17-10-18(13-22)14-23(27)12-17/h1-9,15-18,22-23,27H,10-14H2,(H,32,36)(H,33,34)(H,35,37)/t17-,18+,22-,23?,27?. The molecule has 3 N–H and O–H groups in total. The van der Waals surface area contributed by atoms with E-state index in [0.29, 0.717) is 40.5 Å². The van der Waals surface area contributed by atoms with E-state index in [1.807, 2.05) is 30.3 Å². The summed E-state index contributed by atoms with van der Waals surface area (Å²) in [7, 11) is 0. The fourth-order valence-corrected chi connectivity index (χ4v) is 7.10. The Morgan fingerprint density at radius 1 is 0.838 bits per heavy atom. The first kappa shape index (κ1) is 22.2. The van der Waals surface area contributed by atoms with Gasteiger partial charge in [-0.3, -0.25) is 14.6 Å². The summed E-state index contributed by atoms with van der Waals surface area (Å²) >= 11 is 0. The summed E-state index contributed by atoms with van der Waals surface area (Å²) in [5, 5.41) is 6.24. The maximum absolute atomic E-state index is 13.2. The second-order valence-electron chi connectivity index (χ2n) is 11.0. The lowest BCUT2D eigenvalue weighted by molar-refractivity contribution is -0.0119. The van der Waals surface area contributed by atoms with Crippen LogP contribution in [0.15, 0.2) is 67.0 Å². The Kier molecular flexibility index (Phi) is 5.30. The lowest BCUT2D eigenvalue weighted by Crippen LogP contribution is -2.55. The number of imidazole rings is 1. The van der Waals surface area contributed by atoms with Crippen molar-refractivity contribution in [1.82, 2.24) is 20.3 Å². The van der Waals surface area contributed by atoms with E-state index in [4.69, 9.17) is 4.98 Å². The molecule has 0 radical (unpaired) electrons. The number of H-pyrrole nitrogens is 1. The Hall–Kier alpha value is -4.00. The van der Waals surface area contributed by atoms with E-state index in [2.05, 4.69) is 20.6 Å². The molecule has 7 nitrogen and oxygen atoms in total. The number of rotatable bonds is 5. The van der Waals surface area contributed by atoms with Crippen LogP contribution in [0.25, 0.3) is 22.4 Å². The fraction of sp³-hybridized carbons (Fsp3) is 0.333. The molecule has 0 unspecified atom stereocenters. The summed E-state index contributed by atoms with van der Waals surface area (Å²) in [6.45, 7) is 0. The molecular formula is C30H29N5O2. The third kappa shape index (κ3) is 4.18. The van der Waals surface area contributed by atoms with E-state index in [-0.39, 0.29) is 11.8 Å². The molecule has 2 amide bonds. The van der Waals surface area contributed by atoms with Gasteiger partial charge in [-0.15, -0.1) is 0 Å². The van der Waals surface area contributed by atoms with E-state index in [0.717, 1.165) is 28.4 Å². The average molecular weight is 492 g/mol. The molecule has 0 spiro atoms. The second kappa shape index (κ2) is 8.83. The Morgan fingerprint density at radius 3 is 2.27 bits per heavy atom. The van der Waals surface area contributed by atoms with Gasteiger partial charge in [-0.2, -0.15) is 0 Å². The van der Waals surface area contributed by atoms with Crippen LogP contribution in [0, 0.1) is 23.7 Å². The number of benzene rings is 2. The predicted molar refractivity (Wildman–Crippen MR) is 142 cm³/mol. The van der Waals surface area contributed by atoms with Gasteiger partial charge in [0.15, 0.2) is 0 Å². The zero-order valence-corrected chi connectivity index (χ0v) is 20.5. The smallest absolute Gasteiger partial charge is 0.255 e. The SMILES string of the molecule is O=C(Nc1cccnc1)c1ccc(-c2nc3cc(C(=O)NC4C5C[C@H]6C[C@@H](C5)C[C@@H]4C6)ccc3[nH]2)cc1. The molecule has 8 rings (SSSR count). The number of nitrogens with one attached hydrogen (secondary N) is 3. The average Bonchev–Trinajstić information content (AvgIpc) is 3.34. The summed E-state index contributed by atoms with van der Waals surface area (Å²) in [4.78, 5) is 37.8. The van der Waals surface area contributed by atoms with Crippen LogP contribution < -0.4 is 10.6 Å². The highest BCUT2D eigenvalue weighted by atomic mass is 16.2. The number of anilines is 1. The van der Waals surface area contributed by atoms with Gasteiger partial charge in [0, 0.05) is 28.9 Å². The largest absolute Gasteiger partial charge is 0.349 e. The number of aromatic amines is 1. The predicted octanol–water partition coefficient (Wildman–Crippen LogP) is 5.43. The number of nitrogens with zero attached hydrogens (tertiary/aromatic N) is 2. The summed E-state index contributed by atoms with van der Waals surface area (Å²) in [6, 6.07) is 16.9. The van der Waals surface area contributed by atoms with E-state index in [9.17, 15) is 9.59 Å². The van der Waals surface area contributed by atoms with E-state index in [1.165, 1.54) is 32.1 Å². The summed E-state index contributed by atoms with van der Waals surface area (Å²) in [5.74, 6) is 3.59. The van der Waals surface area contributed by atoms with Gasteiger partial charge >= 0.3 is 0 Å². The van der Waals surface area contributed by atoms with Crippen molar-refractivity contribution < 1.29 is 9.59 Å². The highest BCUT2D eigenvalue weighted by Gasteiger charge is 2.48. The van der Waals surface area contributed by atoms with Gasteiger partial charge in [0.25, 0.3) is 11.8 Å². The van der Waals surface area contributed by atoms with Crippen LogP contribution in [0.1, 0.15) is 52.8 Å². The molecule has 2 aromatic heterocycles. The topological polar surface area (TPSA) is 99.8 Å². The second-order valence-corrected chi connectivity index (χ2v) is 11.0. The van der Waals surface area contributed by atoms with Crippen LogP contribution in [0.2, 0.25) is 0 Å². The number of hydrogen-bond acceptors (Lipinski definition) is 4. The molecule has 2 aromatic carbocycles. The first-order chi connectivity index (χ1) is 18.1. The highest BCUT2D eigenvalue weighted by molar-refractivity contribution is 6.04. The van der Waals surface area contributed by atoms with Gasteiger partial charge in [-0.25, -0.2) is 4.98 Å². The molecular weight excluding hydrogens is 462 g/mol. The molecule has 4 saturated carbocycles. The third-order valence-electron chi connectivity index (χ3n) is 8.61. The normalized spacial score (nSPS) is 25.8. The van der Waals surface area contributed by atoms with Gasteiger partial charge in [-0.05, 0) is 98.2 Å². The van der Waals surface area contributed by atoms with Gasteiger partial charge in [0.1, 0.15) is 5.82 Å². The van der Waals surface area contributed by atoms with E-state index < -0.39 is 0 Å². The minimum absolute atomic E-state index is 0.00732. The van der Waals surface area contributed by atoms with Crippen molar-refractivity contribution >= 4 is 28.5 Å². The van der Waals surface area contributed by atoms with Crippen LogP contribution in [0.4, 0.5) is 5.69 Å². The van der Waals surface area contributed by atoms with Crippen LogP contribution in [0.3, 0.4) is 0 Å². The number of carbonyl (C=O) groups excluding carboxylic acids is 2. The minimum atomic E-state index is -0.195. The Labute approximate surface area is 215 Å². The molecule has 4 aromatic rings. The molecule has 4 aliphatic rings. The van der Waals surface area contributed by atoms with E-state index >= 15 is 0 Å². The molecule has 0 aliphatic heterocycles. The molecule has 7 heteroatoms. The maximum Gasteiger partial charge on any atom is 0.255 e. The quantitative estimate of drug-likeness (QED) is 0.346. The van der Waals surface area contributed by atoms with Crippen molar-refractivity contribution in [3.8, 4) is 11.4 Å². The van der Waals surface area contributed by atoms with Gasteiger partial charge in [0.2, 0.25) is 0 Å². The third-order valence-corrected chi connectivity index (χ3v) is 8.61. The first-order valence-corrected chi connectivity index (χ1v) is 13.2. The summed E-state index contributed by atoms with van der Waals surface area (Å²) < 4.78 is 0. The molecule has 186 valence electrons. The van der Waals surface area contributed by atoms with Gasteiger partial charge < -0.3 is 15.6 Å². The zero-order valence-electron chi connectivity index (χ0n) is 20.5. The minimum Gasteiger partial charge on any atom is -0.349 e. The van der Waals surface area contributed by atoms with Crippen molar-refractivity contribution in [2.45, 2.75) is 38.1 Å². The lowest BCUT2D eigenvalue weighted by Gasteiger charge is -2.54. The van der Waals surface area contributed by atoms with Gasteiger partial charge in [-0.1, -0.05) is 12.1 Å². The van der Waals surface area contributed by atoms with E-state index in [1.54, 1.807) is 36.7 Å².